The van der Waals surface area contributed by atoms with E-state index in [2.05, 4.69) is 45.2 Å². The maximum Gasteiger partial charge on any atom is 0.439 e. The molecule has 1 aliphatic carbocycles. The van der Waals surface area contributed by atoms with Gasteiger partial charge in [-0.15, -0.1) is 0 Å². The molecule has 0 bridgehead atoms. The average Bonchev–Trinajstić information content (AvgIpc) is 3.64. The number of nitrogens with zero attached hydrogens (tertiary/aromatic N) is 3. The van der Waals surface area contributed by atoms with E-state index in [1.54, 1.807) is 24.3 Å². The standard InChI is InChI=1S/C25H20N8O5/c34-22(26-10-12-1-5-17-18(7-12)31-24(36)30-17)19-9-20(28-11-27-19)23(35)29-16-6-3-13-8-14(2-4-15(13)16)21-32-25(37)38-33-21/h1-2,4-5,7-9,11,16H,3,6,10H2,(H,26,34)(H,29,35)(H2,30,31,36)(H,32,33,37)/t16-/m0/s1. The first-order chi connectivity index (χ1) is 18.4. The molecular formula is C25H20N8O5. The van der Waals surface area contributed by atoms with Crippen LogP contribution in [0.15, 0.2) is 62.9 Å². The van der Waals surface area contributed by atoms with Gasteiger partial charge in [0.15, 0.2) is 5.82 Å². The van der Waals surface area contributed by atoms with Gasteiger partial charge in [0.25, 0.3) is 11.8 Å². The van der Waals surface area contributed by atoms with Crippen LogP contribution in [0.4, 0.5) is 0 Å². The second-order valence-corrected chi connectivity index (χ2v) is 8.85. The molecule has 0 fully saturated rings. The molecule has 3 aromatic heterocycles. The summed E-state index contributed by atoms with van der Waals surface area (Å²) in [6.45, 7) is 0.205. The monoisotopic (exact) mass is 512 g/mol. The third-order valence-electron chi connectivity index (χ3n) is 6.41. The molecule has 190 valence electrons. The fraction of sp³-hybridized carbons (Fsp3) is 0.160. The van der Waals surface area contributed by atoms with Gasteiger partial charge < -0.3 is 20.6 Å². The Hall–Kier alpha value is -5.33. The number of aromatic nitrogens is 6. The zero-order chi connectivity index (χ0) is 26.2. The molecule has 1 atom stereocenters. The molecule has 0 aliphatic heterocycles. The molecule has 3 heterocycles. The summed E-state index contributed by atoms with van der Waals surface area (Å²) in [5, 5.41) is 9.45. The number of aryl methyl sites for hydroxylation is 1. The molecule has 13 heteroatoms. The van der Waals surface area contributed by atoms with Crippen LogP contribution in [0.1, 0.15) is 50.1 Å². The molecule has 38 heavy (non-hydrogen) atoms. The maximum atomic E-state index is 13.0. The summed E-state index contributed by atoms with van der Waals surface area (Å²) in [5.74, 6) is -1.17. The van der Waals surface area contributed by atoms with Crippen LogP contribution in [0.3, 0.4) is 0 Å². The van der Waals surface area contributed by atoms with Gasteiger partial charge in [0.2, 0.25) is 0 Å². The minimum Gasteiger partial charge on any atom is -0.347 e. The Labute approximate surface area is 212 Å². The zero-order valence-corrected chi connectivity index (χ0v) is 19.7. The van der Waals surface area contributed by atoms with Crippen molar-refractivity contribution in [3.05, 3.63) is 97.9 Å². The van der Waals surface area contributed by atoms with Crippen molar-refractivity contribution >= 4 is 22.8 Å². The van der Waals surface area contributed by atoms with Gasteiger partial charge in [-0.25, -0.2) is 19.6 Å². The van der Waals surface area contributed by atoms with Gasteiger partial charge in [0.05, 0.1) is 17.1 Å². The lowest BCUT2D eigenvalue weighted by Crippen LogP contribution is -2.29. The van der Waals surface area contributed by atoms with Crippen LogP contribution in [0, 0.1) is 0 Å². The van der Waals surface area contributed by atoms with Crippen molar-refractivity contribution in [3.63, 3.8) is 0 Å². The van der Waals surface area contributed by atoms with Crippen molar-refractivity contribution in [1.29, 1.82) is 0 Å². The Bertz CT molecular complexity index is 1810. The lowest BCUT2D eigenvalue weighted by atomic mass is 10.0. The van der Waals surface area contributed by atoms with Gasteiger partial charge in [-0.2, -0.15) is 0 Å². The fourth-order valence-corrected chi connectivity index (χ4v) is 4.57. The van der Waals surface area contributed by atoms with E-state index in [-0.39, 0.29) is 29.7 Å². The van der Waals surface area contributed by atoms with Crippen LogP contribution in [0.25, 0.3) is 22.4 Å². The highest BCUT2D eigenvalue weighted by molar-refractivity contribution is 5.97. The van der Waals surface area contributed by atoms with Crippen molar-refractivity contribution in [3.8, 4) is 11.4 Å². The summed E-state index contributed by atoms with van der Waals surface area (Å²) in [6.07, 6.45) is 2.60. The predicted octanol–water partition coefficient (Wildman–Crippen LogP) is 1.34. The molecule has 1 aliphatic rings. The Morgan fingerprint density at radius 2 is 1.76 bits per heavy atom. The summed E-state index contributed by atoms with van der Waals surface area (Å²) < 4.78 is 4.57. The molecule has 0 saturated carbocycles. The number of carbonyl (C=O) groups is 2. The largest absolute Gasteiger partial charge is 0.439 e. The first-order valence-electron chi connectivity index (χ1n) is 11.7. The van der Waals surface area contributed by atoms with Crippen LogP contribution >= 0.6 is 0 Å². The number of nitrogens with one attached hydrogen (secondary N) is 5. The minimum absolute atomic E-state index is 0.0550. The van der Waals surface area contributed by atoms with E-state index >= 15 is 0 Å². The number of benzene rings is 2. The topological polar surface area (TPSA) is 192 Å². The molecule has 2 amide bonds. The van der Waals surface area contributed by atoms with E-state index in [0.717, 1.165) is 23.1 Å². The summed E-state index contributed by atoms with van der Waals surface area (Å²) in [7, 11) is 0. The minimum atomic E-state index is -0.626. The van der Waals surface area contributed by atoms with Gasteiger partial charge >= 0.3 is 11.4 Å². The van der Waals surface area contributed by atoms with Gasteiger partial charge in [0.1, 0.15) is 17.7 Å². The van der Waals surface area contributed by atoms with E-state index in [9.17, 15) is 19.2 Å². The first kappa shape index (κ1) is 23.1. The second-order valence-electron chi connectivity index (χ2n) is 8.85. The van der Waals surface area contributed by atoms with Crippen molar-refractivity contribution < 1.29 is 14.1 Å². The molecule has 0 unspecified atom stereocenters. The highest BCUT2D eigenvalue weighted by atomic mass is 16.5. The number of hydrogen-bond acceptors (Lipinski definition) is 8. The third-order valence-corrected chi connectivity index (χ3v) is 6.41. The summed E-state index contributed by atoms with van der Waals surface area (Å²) in [5.41, 5.74) is 4.63. The number of fused-ring (bicyclic) bond motifs is 2. The SMILES string of the molecule is O=C(NCc1ccc2[nH]c(=O)[nH]c2c1)c1cc(C(=O)N[C@H]2CCc3cc(-c4noc(=O)[nH]4)ccc32)ncn1. The second kappa shape index (κ2) is 9.28. The van der Waals surface area contributed by atoms with Crippen molar-refractivity contribution in [2.45, 2.75) is 25.4 Å². The summed E-state index contributed by atoms with van der Waals surface area (Å²) in [4.78, 5) is 64.2. The maximum absolute atomic E-state index is 13.0. The number of rotatable bonds is 6. The Balaban J connectivity index is 1.11. The number of carbonyl (C=O) groups excluding carboxylic acids is 2. The number of imidazole rings is 1. The average molecular weight is 512 g/mol. The smallest absolute Gasteiger partial charge is 0.347 e. The van der Waals surface area contributed by atoms with Gasteiger partial charge in [-0.3, -0.25) is 19.1 Å². The van der Waals surface area contributed by atoms with Crippen LogP contribution < -0.4 is 22.1 Å². The fourth-order valence-electron chi connectivity index (χ4n) is 4.57. The number of aromatic amines is 3. The highest BCUT2D eigenvalue weighted by Crippen LogP contribution is 2.33. The predicted molar refractivity (Wildman–Crippen MR) is 133 cm³/mol. The Kier molecular flexibility index (Phi) is 5.64. The van der Waals surface area contributed by atoms with E-state index in [1.807, 2.05) is 12.1 Å². The summed E-state index contributed by atoms with van der Waals surface area (Å²) in [6, 6.07) is 12.0. The quantitative estimate of drug-likeness (QED) is 0.225. The van der Waals surface area contributed by atoms with Crippen LogP contribution in [0.5, 0.6) is 0 Å². The van der Waals surface area contributed by atoms with Gasteiger partial charge in [-0.05, 0) is 47.7 Å². The van der Waals surface area contributed by atoms with Crippen molar-refractivity contribution in [2.24, 2.45) is 0 Å². The lowest BCUT2D eigenvalue weighted by molar-refractivity contribution is 0.0931. The van der Waals surface area contributed by atoms with Crippen LogP contribution in [-0.2, 0) is 13.0 Å². The molecule has 13 nitrogen and oxygen atoms in total. The highest BCUT2D eigenvalue weighted by Gasteiger charge is 2.26. The van der Waals surface area contributed by atoms with Crippen LogP contribution in [0.2, 0.25) is 0 Å². The first-order valence-corrected chi connectivity index (χ1v) is 11.7. The molecule has 0 spiro atoms. The molecule has 5 N–H and O–H groups in total. The number of amides is 2. The van der Waals surface area contributed by atoms with Crippen molar-refractivity contribution in [1.82, 2.24) is 40.7 Å². The van der Waals surface area contributed by atoms with E-state index < -0.39 is 17.6 Å². The zero-order valence-electron chi connectivity index (χ0n) is 19.7. The van der Waals surface area contributed by atoms with Crippen LogP contribution in [-0.4, -0.2) is 41.9 Å². The van der Waals surface area contributed by atoms with E-state index in [1.165, 1.54) is 12.4 Å². The van der Waals surface area contributed by atoms with Crippen molar-refractivity contribution in [2.75, 3.05) is 0 Å². The Morgan fingerprint density at radius 3 is 2.58 bits per heavy atom. The van der Waals surface area contributed by atoms with E-state index in [4.69, 9.17) is 0 Å². The molecule has 5 aromatic rings. The molecule has 0 radical (unpaired) electrons. The number of H-pyrrole nitrogens is 3. The molecular weight excluding hydrogens is 492 g/mol. The number of hydrogen-bond donors (Lipinski definition) is 5. The molecule has 6 rings (SSSR count). The third kappa shape index (κ3) is 4.48. The van der Waals surface area contributed by atoms with Gasteiger partial charge in [0, 0.05) is 18.2 Å². The normalized spacial score (nSPS) is 14.4. The lowest BCUT2D eigenvalue weighted by Gasteiger charge is -2.14. The molecule has 0 saturated heterocycles. The molecule has 2 aromatic carbocycles. The Morgan fingerprint density at radius 1 is 0.947 bits per heavy atom. The summed E-state index contributed by atoms with van der Waals surface area (Å²) >= 11 is 0. The van der Waals surface area contributed by atoms with E-state index in [0.29, 0.717) is 28.8 Å². The van der Waals surface area contributed by atoms with Gasteiger partial charge in [-0.1, -0.05) is 23.4 Å².